The van der Waals surface area contributed by atoms with Gasteiger partial charge in [0.25, 0.3) is 12.3 Å². The zero-order valence-corrected chi connectivity index (χ0v) is 18.1. The summed E-state index contributed by atoms with van der Waals surface area (Å²) in [6.45, 7) is 5.17. The maximum Gasteiger partial charge on any atom is 0.410 e. The normalized spacial score (nSPS) is 25.7. The van der Waals surface area contributed by atoms with Gasteiger partial charge in [-0.15, -0.1) is 0 Å². The van der Waals surface area contributed by atoms with Gasteiger partial charge in [-0.05, 0) is 34.1 Å². The summed E-state index contributed by atoms with van der Waals surface area (Å²) in [7, 11) is 0. The van der Waals surface area contributed by atoms with Crippen molar-refractivity contribution >= 4 is 6.09 Å². The largest absolute Gasteiger partial charge is 0.444 e. The van der Waals surface area contributed by atoms with Gasteiger partial charge in [-0.25, -0.2) is 13.6 Å². The first-order valence-corrected chi connectivity index (χ1v) is 10.3. The molecule has 0 spiro atoms. The van der Waals surface area contributed by atoms with E-state index in [1.54, 1.807) is 27.7 Å². The average molecular weight is 451 g/mol. The standard InChI is InChI=1S/C20H29F4N3O4/c1-12-7-14-13(8-26(12)17(28)31-18(2,3)4)16-20(23,24)6-5-19(29,10-27(16)25-14)11-30-9-15(21)22/h12,15,29H,5-11H2,1-4H3/t12-,19?/m1/s1. The number of nitrogens with zero attached hydrogens (tertiary/aromatic N) is 3. The van der Waals surface area contributed by atoms with Gasteiger partial charge in [0.1, 0.15) is 23.5 Å². The number of carbonyl (C=O) groups excluding carboxylic acids is 1. The molecule has 0 saturated carbocycles. The van der Waals surface area contributed by atoms with Crippen LogP contribution >= 0.6 is 0 Å². The van der Waals surface area contributed by atoms with Crippen LogP contribution in [0.5, 0.6) is 0 Å². The molecule has 0 aliphatic carbocycles. The topological polar surface area (TPSA) is 76.8 Å². The monoisotopic (exact) mass is 451 g/mol. The van der Waals surface area contributed by atoms with Crippen LogP contribution in [0, 0.1) is 0 Å². The molecule has 7 nitrogen and oxygen atoms in total. The maximum atomic E-state index is 15.1. The van der Waals surface area contributed by atoms with Crippen LogP contribution in [0.15, 0.2) is 0 Å². The number of aromatic nitrogens is 2. The van der Waals surface area contributed by atoms with Crippen LogP contribution in [0.25, 0.3) is 0 Å². The number of aliphatic hydroxyl groups is 1. The first-order valence-electron chi connectivity index (χ1n) is 10.3. The molecule has 3 rings (SSSR count). The Hall–Kier alpha value is -1.88. The van der Waals surface area contributed by atoms with Crippen LogP contribution < -0.4 is 0 Å². The van der Waals surface area contributed by atoms with Crippen LogP contribution in [0.2, 0.25) is 0 Å². The molecule has 0 bridgehead atoms. The van der Waals surface area contributed by atoms with Crippen molar-refractivity contribution in [3.63, 3.8) is 0 Å². The lowest BCUT2D eigenvalue weighted by atomic mass is 9.94. The van der Waals surface area contributed by atoms with E-state index in [-0.39, 0.29) is 43.2 Å². The second-order valence-electron chi connectivity index (χ2n) is 9.43. The number of fused-ring (bicyclic) bond motifs is 3. The number of rotatable bonds is 4. The maximum absolute atomic E-state index is 15.1. The highest BCUT2D eigenvalue weighted by atomic mass is 19.3. The predicted molar refractivity (Wildman–Crippen MR) is 102 cm³/mol. The van der Waals surface area contributed by atoms with E-state index in [1.807, 2.05) is 0 Å². The number of carbonyl (C=O) groups is 1. The van der Waals surface area contributed by atoms with Crippen molar-refractivity contribution in [2.75, 3.05) is 13.2 Å². The minimum absolute atomic E-state index is 0.0867. The van der Waals surface area contributed by atoms with E-state index in [0.717, 1.165) is 4.68 Å². The van der Waals surface area contributed by atoms with Crippen LogP contribution in [0.3, 0.4) is 0 Å². The second kappa shape index (κ2) is 8.23. The van der Waals surface area contributed by atoms with Gasteiger partial charge >= 0.3 is 6.09 Å². The zero-order chi connectivity index (χ0) is 23.2. The Kier molecular flexibility index (Phi) is 6.31. The number of hydrogen-bond donors (Lipinski definition) is 1. The highest BCUT2D eigenvalue weighted by molar-refractivity contribution is 5.69. The van der Waals surface area contributed by atoms with Gasteiger partial charge in [-0.2, -0.15) is 13.9 Å². The first-order chi connectivity index (χ1) is 14.2. The van der Waals surface area contributed by atoms with Crippen molar-refractivity contribution in [1.29, 1.82) is 0 Å². The van der Waals surface area contributed by atoms with E-state index >= 15 is 8.78 Å². The molecule has 1 unspecified atom stereocenters. The molecule has 1 amide bonds. The zero-order valence-electron chi connectivity index (χ0n) is 18.1. The summed E-state index contributed by atoms with van der Waals surface area (Å²) in [5.74, 6) is -3.31. The Labute approximate surface area is 178 Å². The minimum Gasteiger partial charge on any atom is -0.444 e. The molecule has 176 valence electrons. The number of hydrogen-bond acceptors (Lipinski definition) is 5. The third-order valence-electron chi connectivity index (χ3n) is 5.42. The molecule has 3 heterocycles. The van der Waals surface area contributed by atoms with Crippen molar-refractivity contribution in [1.82, 2.24) is 14.7 Å². The molecule has 0 saturated heterocycles. The highest BCUT2D eigenvalue weighted by Gasteiger charge is 2.48. The van der Waals surface area contributed by atoms with Crippen molar-refractivity contribution in [3.8, 4) is 0 Å². The van der Waals surface area contributed by atoms with E-state index in [2.05, 4.69) is 5.10 Å². The molecule has 2 aliphatic rings. The van der Waals surface area contributed by atoms with Gasteiger partial charge in [0.05, 0.1) is 25.4 Å². The molecule has 1 N–H and O–H groups in total. The van der Waals surface area contributed by atoms with Gasteiger partial charge in [0.2, 0.25) is 0 Å². The van der Waals surface area contributed by atoms with Gasteiger partial charge in [0, 0.05) is 24.4 Å². The van der Waals surface area contributed by atoms with Crippen molar-refractivity contribution in [2.45, 2.75) is 89.6 Å². The van der Waals surface area contributed by atoms with Crippen LogP contribution in [0.1, 0.15) is 57.5 Å². The molecule has 0 radical (unpaired) electrons. The smallest absolute Gasteiger partial charge is 0.410 e. The molecule has 31 heavy (non-hydrogen) atoms. The van der Waals surface area contributed by atoms with E-state index in [4.69, 9.17) is 9.47 Å². The fourth-order valence-electron chi connectivity index (χ4n) is 4.01. The van der Waals surface area contributed by atoms with Crippen LogP contribution in [-0.4, -0.2) is 62.8 Å². The molecule has 0 fully saturated rings. The molecule has 0 aromatic carbocycles. The average Bonchev–Trinajstić information content (AvgIpc) is 2.90. The van der Waals surface area contributed by atoms with Crippen LogP contribution in [-0.2, 0) is 34.9 Å². The SMILES string of the molecule is C[C@@H]1Cc2nn3c(c2CN1C(=O)OC(C)(C)C)C(F)(F)CCC(O)(COCC(F)F)C3. The molecular formula is C20H29F4N3O4. The lowest BCUT2D eigenvalue weighted by molar-refractivity contribution is -0.0927. The Morgan fingerprint density at radius 1 is 1.32 bits per heavy atom. The van der Waals surface area contributed by atoms with E-state index < -0.39 is 49.3 Å². The summed E-state index contributed by atoms with van der Waals surface area (Å²) < 4.78 is 66.2. The summed E-state index contributed by atoms with van der Waals surface area (Å²) >= 11 is 0. The Bertz CT molecular complexity index is 824. The Balaban J connectivity index is 1.89. The highest BCUT2D eigenvalue weighted by Crippen LogP contribution is 2.43. The van der Waals surface area contributed by atoms with E-state index in [1.165, 1.54) is 4.90 Å². The van der Waals surface area contributed by atoms with Gasteiger partial charge in [-0.3, -0.25) is 4.68 Å². The molecule has 1 aromatic rings. The molecule has 11 heteroatoms. The predicted octanol–water partition coefficient (Wildman–Crippen LogP) is 3.46. The van der Waals surface area contributed by atoms with E-state index in [9.17, 15) is 18.7 Å². The molecule has 2 aliphatic heterocycles. The second-order valence-corrected chi connectivity index (χ2v) is 9.43. The summed E-state index contributed by atoms with van der Waals surface area (Å²) in [5.41, 5.74) is -2.17. The van der Waals surface area contributed by atoms with Gasteiger partial charge < -0.3 is 19.5 Å². The fourth-order valence-corrected chi connectivity index (χ4v) is 4.01. The number of halogens is 4. The third-order valence-corrected chi connectivity index (χ3v) is 5.42. The van der Waals surface area contributed by atoms with Crippen molar-refractivity contribution in [3.05, 3.63) is 17.0 Å². The van der Waals surface area contributed by atoms with Crippen molar-refractivity contribution in [2.24, 2.45) is 0 Å². The molecule has 2 atom stereocenters. The first kappa shape index (κ1) is 23.8. The molecule has 1 aromatic heterocycles. The Morgan fingerprint density at radius 2 is 2.00 bits per heavy atom. The third kappa shape index (κ3) is 5.31. The lowest BCUT2D eigenvalue weighted by Crippen LogP contribution is -2.45. The number of amides is 1. The van der Waals surface area contributed by atoms with E-state index in [0.29, 0.717) is 5.69 Å². The lowest BCUT2D eigenvalue weighted by Gasteiger charge is -2.35. The summed E-state index contributed by atoms with van der Waals surface area (Å²) in [5, 5.41) is 15.1. The summed E-state index contributed by atoms with van der Waals surface area (Å²) in [6, 6.07) is -0.316. The molecular weight excluding hydrogens is 422 g/mol. The quantitative estimate of drug-likeness (QED) is 0.710. The number of alkyl halides is 4. The van der Waals surface area contributed by atoms with Crippen molar-refractivity contribution < 1.29 is 36.9 Å². The minimum atomic E-state index is -3.31. The van der Waals surface area contributed by atoms with Gasteiger partial charge in [0.15, 0.2) is 0 Å². The summed E-state index contributed by atoms with van der Waals surface area (Å²) in [6.07, 6.45) is -4.09. The van der Waals surface area contributed by atoms with Gasteiger partial charge in [-0.1, -0.05) is 0 Å². The fraction of sp³-hybridized carbons (Fsp3) is 0.800. The van der Waals surface area contributed by atoms with Crippen LogP contribution in [0.4, 0.5) is 22.4 Å². The number of ether oxygens (including phenoxy) is 2. The summed E-state index contributed by atoms with van der Waals surface area (Å²) in [4.78, 5) is 14.0. The Morgan fingerprint density at radius 3 is 2.61 bits per heavy atom.